The highest BCUT2D eigenvalue weighted by atomic mass is 19.1. The third-order valence-electron chi connectivity index (χ3n) is 4.02. The van der Waals surface area contributed by atoms with Crippen LogP contribution >= 0.6 is 0 Å². The number of nitrogens with one attached hydrogen (secondary N) is 2. The van der Waals surface area contributed by atoms with Gasteiger partial charge in [0.25, 0.3) is 5.91 Å². The molecule has 0 unspecified atom stereocenters. The first-order valence-electron chi connectivity index (χ1n) is 8.57. The Morgan fingerprint density at radius 2 is 2.04 bits per heavy atom. The predicted molar refractivity (Wildman–Crippen MR) is 96.9 cm³/mol. The summed E-state index contributed by atoms with van der Waals surface area (Å²) in [7, 11) is 0. The third-order valence-corrected chi connectivity index (χ3v) is 4.02. The van der Waals surface area contributed by atoms with Gasteiger partial charge in [-0.2, -0.15) is 0 Å². The molecular formula is C18H22FN5O2. The van der Waals surface area contributed by atoms with Crippen LogP contribution in [0.25, 0.3) is 0 Å². The standard InChI is InChI=1S/C18H22FN5O2/c1-13-12-16(17(25)22-15-5-3-2-4-14(15)19)23-18(21-13)20-6-7-24-8-10-26-11-9-24/h2-5,12H,6-11H2,1H3,(H,22,25)(H,20,21,23). The Kier molecular flexibility index (Phi) is 6.08. The maximum Gasteiger partial charge on any atom is 0.274 e. The average molecular weight is 359 g/mol. The molecule has 138 valence electrons. The molecule has 26 heavy (non-hydrogen) atoms. The van der Waals surface area contributed by atoms with Crippen molar-refractivity contribution in [1.29, 1.82) is 0 Å². The topological polar surface area (TPSA) is 79.4 Å². The minimum absolute atomic E-state index is 0.121. The van der Waals surface area contributed by atoms with Gasteiger partial charge in [-0.1, -0.05) is 12.1 Å². The normalized spacial score (nSPS) is 14.8. The van der Waals surface area contributed by atoms with E-state index in [1.54, 1.807) is 25.1 Å². The summed E-state index contributed by atoms with van der Waals surface area (Å²) in [4.78, 5) is 23.2. The molecule has 2 heterocycles. The summed E-state index contributed by atoms with van der Waals surface area (Å²) in [6, 6.07) is 7.59. The number of carbonyl (C=O) groups is 1. The smallest absolute Gasteiger partial charge is 0.274 e. The Hall–Kier alpha value is -2.58. The zero-order chi connectivity index (χ0) is 18.4. The number of benzene rings is 1. The van der Waals surface area contributed by atoms with Gasteiger partial charge in [-0.25, -0.2) is 14.4 Å². The maximum atomic E-state index is 13.7. The number of halogens is 1. The molecule has 0 aliphatic carbocycles. The number of carbonyl (C=O) groups excluding carboxylic acids is 1. The molecule has 1 saturated heterocycles. The van der Waals surface area contributed by atoms with Crippen LogP contribution in [0.2, 0.25) is 0 Å². The van der Waals surface area contributed by atoms with Gasteiger partial charge in [-0.3, -0.25) is 9.69 Å². The first-order valence-corrected chi connectivity index (χ1v) is 8.57. The fourth-order valence-electron chi connectivity index (χ4n) is 2.66. The number of nitrogens with zero attached hydrogens (tertiary/aromatic N) is 3. The van der Waals surface area contributed by atoms with Gasteiger partial charge in [-0.05, 0) is 25.1 Å². The van der Waals surface area contributed by atoms with Crippen molar-refractivity contribution >= 4 is 17.5 Å². The van der Waals surface area contributed by atoms with Gasteiger partial charge in [-0.15, -0.1) is 0 Å². The van der Waals surface area contributed by atoms with Gasteiger partial charge in [0.2, 0.25) is 5.95 Å². The highest BCUT2D eigenvalue weighted by Crippen LogP contribution is 2.14. The van der Waals surface area contributed by atoms with E-state index in [0.29, 0.717) is 18.2 Å². The fraction of sp³-hybridized carbons (Fsp3) is 0.389. The Labute approximate surface area is 151 Å². The zero-order valence-corrected chi connectivity index (χ0v) is 14.7. The van der Waals surface area contributed by atoms with Crippen LogP contribution in [0.5, 0.6) is 0 Å². The second kappa shape index (κ2) is 8.68. The Morgan fingerprint density at radius 1 is 1.27 bits per heavy atom. The number of aromatic nitrogens is 2. The van der Waals surface area contributed by atoms with E-state index >= 15 is 0 Å². The van der Waals surface area contributed by atoms with Crippen molar-refractivity contribution in [1.82, 2.24) is 14.9 Å². The molecular weight excluding hydrogens is 337 g/mol. The number of aryl methyl sites for hydroxylation is 1. The molecule has 2 N–H and O–H groups in total. The lowest BCUT2D eigenvalue weighted by Crippen LogP contribution is -2.39. The van der Waals surface area contributed by atoms with Crippen LogP contribution < -0.4 is 10.6 Å². The molecule has 0 radical (unpaired) electrons. The molecule has 1 aliphatic heterocycles. The van der Waals surface area contributed by atoms with Crippen LogP contribution in [0.1, 0.15) is 16.2 Å². The predicted octanol–water partition coefficient (Wildman–Crippen LogP) is 1.92. The number of rotatable bonds is 6. The lowest BCUT2D eigenvalue weighted by Gasteiger charge is -2.26. The Morgan fingerprint density at radius 3 is 2.81 bits per heavy atom. The second-order valence-electron chi connectivity index (χ2n) is 6.03. The fourth-order valence-corrected chi connectivity index (χ4v) is 2.66. The van der Waals surface area contributed by atoms with Gasteiger partial charge in [0.15, 0.2) is 0 Å². The van der Waals surface area contributed by atoms with Crippen LogP contribution in [-0.4, -0.2) is 60.2 Å². The van der Waals surface area contributed by atoms with Gasteiger partial charge in [0.1, 0.15) is 11.5 Å². The number of anilines is 2. The largest absolute Gasteiger partial charge is 0.379 e. The highest BCUT2D eigenvalue weighted by molar-refractivity contribution is 6.03. The van der Waals surface area contributed by atoms with Gasteiger partial charge >= 0.3 is 0 Å². The second-order valence-corrected chi connectivity index (χ2v) is 6.03. The number of morpholine rings is 1. The molecule has 2 aromatic rings. The summed E-state index contributed by atoms with van der Waals surface area (Å²) in [6.07, 6.45) is 0. The lowest BCUT2D eigenvalue weighted by molar-refractivity contribution is 0.0398. The summed E-state index contributed by atoms with van der Waals surface area (Å²) < 4.78 is 19.0. The molecule has 1 aliphatic rings. The van der Waals surface area contributed by atoms with Crippen LogP contribution in [0, 0.1) is 12.7 Å². The van der Waals surface area contributed by atoms with E-state index in [1.165, 1.54) is 12.1 Å². The number of para-hydroxylation sites is 1. The van der Waals surface area contributed by atoms with E-state index in [0.717, 1.165) is 32.8 Å². The Bertz CT molecular complexity index is 765. The van der Waals surface area contributed by atoms with Crippen molar-refractivity contribution in [2.45, 2.75) is 6.92 Å². The van der Waals surface area contributed by atoms with Crippen molar-refractivity contribution in [2.24, 2.45) is 0 Å². The summed E-state index contributed by atoms with van der Waals surface area (Å²) >= 11 is 0. The van der Waals surface area contributed by atoms with Crippen molar-refractivity contribution in [3.05, 3.63) is 47.5 Å². The molecule has 7 nitrogen and oxygen atoms in total. The van der Waals surface area contributed by atoms with Crippen LogP contribution in [0.4, 0.5) is 16.0 Å². The molecule has 1 aromatic carbocycles. The molecule has 1 amide bonds. The van der Waals surface area contributed by atoms with E-state index in [4.69, 9.17) is 4.74 Å². The molecule has 1 aromatic heterocycles. The number of hydrogen-bond acceptors (Lipinski definition) is 6. The molecule has 8 heteroatoms. The zero-order valence-electron chi connectivity index (χ0n) is 14.7. The average Bonchev–Trinajstić information content (AvgIpc) is 2.64. The van der Waals surface area contributed by atoms with Crippen molar-refractivity contribution in [2.75, 3.05) is 50.0 Å². The Balaban J connectivity index is 1.61. The van der Waals surface area contributed by atoms with E-state index in [2.05, 4.69) is 25.5 Å². The van der Waals surface area contributed by atoms with E-state index in [1.807, 2.05) is 0 Å². The van der Waals surface area contributed by atoms with E-state index in [9.17, 15) is 9.18 Å². The minimum atomic E-state index is -0.490. The van der Waals surface area contributed by atoms with Crippen molar-refractivity contribution < 1.29 is 13.9 Å². The van der Waals surface area contributed by atoms with Gasteiger partial charge < -0.3 is 15.4 Å². The summed E-state index contributed by atoms with van der Waals surface area (Å²) in [5, 5.41) is 5.68. The SMILES string of the molecule is Cc1cc(C(=O)Nc2ccccc2F)nc(NCCN2CCOCC2)n1. The molecule has 0 atom stereocenters. The number of amides is 1. The van der Waals surface area contributed by atoms with Crippen molar-refractivity contribution in [3.63, 3.8) is 0 Å². The van der Waals surface area contributed by atoms with Gasteiger partial charge in [0, 0.05) is 31.9 Å². The third kappa shape index (κ3) is 4.96. The molecule has 0 spiro atoms. The van der Waals surface area contributed by atoms with Crippen molar-refractivity contribution in [3.8, 4) is 0 Å². The first kappa shape index (κ1) is 18.2. The van der Waals surface area contributed by atoms with E-state index in [-0.39, 0.29) is 11.4 Å². The first-order chi connectivity index (χ1) is 12.6. The molecule has 0 bridgehead atoms. The highest BCUT2D eigenvalue weighted by Gasteiger charge is 2.13. The number of ether oxygens (including phenoxy) is 1. The minimum Gasteiger partial charge on any atom is -0.379 e. The molecule has 0 saturated carbocycles. The maximum absolute atomic E-state index is 13.7. The van der Waals surface area contributed by atoms with Gasteiger partial charge in [0.05, 0.1) is 18.9 Å². The van der Waals surface area contributed by atoms with E-state index < -0.39 is 11.7 Å². The van der Waals surface area contributed by atoms with Crippen LogP contribution in [0.15, 0.2) is 30.3 Å². The number of hydrogen-bond donors (Lipinski definition) is 2. The summed E-state index contributed by atoms with van der Waals surface area (Å²) in [6.45, 7) is 6.62. The molecule has 3 rings (SSSR count). The monoisotopic (exact) mass is 359 g/mol. The summed E-state index contributed by atoms with van der Waals surface area (Å²) in [5.41, 5.74) is 0.970. The summed E-state index contributed by atoms with van der Waals surface area (Å²) in [5.74, 6) is -0.579. The van der Waals surface area contributed by atoms with Crippen LogP contribution in [0.3, 0.4) is 0 Å². The lowest BCUT2D eigenvalue weighted by atomic mass is 10.2. The van der Waals surface area contributed by atoms with Crippen LogP contribution in [-0.2, 0) is 4.74 Å². The quantitative estimate of drug-likeness (QED) is 0.820. The molecule has 1 fully saturated rings.